The molecule has 0 spiro atoms. The predicted molar refractivity (Wildman–Crippen MR) is 66.2 cm³/mol. The summed E-state index contributed by atoms with van der Waals surface area (Å²) in [4.78, 5) is 0. The summed E-state index contributed by atoms with van der Waals surface area (Å²) in [5.41, 5.74) is 0.140. The zero-order valence-corrected chi connectivity index (χ0v) is 9.51. The van der Waals surface area contributed by atoms with Crippen molar-refractivity contribution < 1.29 is 14.2 Å². The van der Waals surface area contributed by atoms with Crippen LogP contribution in [0.25, 0.3) is 0 Å². The van der Waals surface area contributed by atoms with Crippen molar-refractivity contribution in [3.63, 3.8) is 0 Å². The van der Waals surface area contributed by atoms with E-state index in [1.807, 2.05) is 18.2 Å². The number of halogens is 1. The molecule has 0 fully saturated rings. The highest BCUT2D eigenvalue weighted by Crippen LogP contribution is 2.15. The molecule has 1 unspecified atom stereocenters. The van der Waals surface area contributed by atoms with Crippen molar-refractivity contribution in [3.05, 3.63) is 66.0 Å². The van der Waals surface area contributed by atoms with Crippen LogP contribution in [-0.4, -0.2) is 5.11 Å². The summed E-state index contributed by atoms with van der Waals surface area (Å²) < 4.78 is 18.4. The van der Waals surface area contributed by atoms with E-state index in [-0.39, 0.29) is 5.56 Å². The normalized spacial score (nSPS) is 11.2. The first-order valence-electron chi connectivity index (χ1n) is 5.42. The number of hydrogen-bond acceptors (Lipinski definition) is 2. The van der Waals surface area contributed by atoms with Crippen molar-refractivity contribution in [3.8, 4) is 17.8 Å². The van der Waals surface area contributed by atoms with E-state index in [9.17, 15) is 9.50 Å². The molecule has 0 aromatic heterocycles. The Hall–Kier alpha value is -2.31. The van der Waals surface area contributed by atoms with Crippen LogP contribution in [0.15, 0.2) is 54.6 Å². The standard InChI is InChI=1S/C15H11FO2/c16-14-9-5-4-8-13(14)15(17)10-11-18-12-6-2-1-3-7-12/h1-9,15,17H. The van der Waals surface area contributed by atoms with Crippen LogP contribution >= 0.6 is 0 Å². The predicted octanol–water partition coefficient (Wildman–Crippen LogP) is 2.90. The Kier molecular flexibility index (Phi) is 3.95. The van der Waals surface area contributed by atoms with Gasteiger partial charge in [0.15, 0.2) is 0 Å². The fraction of sp³-hybridized carbons (Fsp3) is 0.0667. The molecule has 2 rings (SSSR count). The van der Waals surface area contributed by atoms with Gasteiger partial charge in [0, 0.05) is 5.56 Å². The van der Waals surface area contributed by atoms with E-state index >= 15 is 0 Å². The third-order valence-electron chi connectivity index (χ3n) is 2.31. The van der Waals surface area contributed by atoms with Crippen molar-refractivity contribution in [2.24, 2.45) is 0 Å². The number of para-hydroxylation sites is 1. The van der Waals surface area contributed by atoms with E-state index in [0.29, 0.717) is 5.75 Å². The third-order valence-corrected chi connectivity index (χ3v) is 2.31. The highest BCUT2D eigenvalue weighted by atomic mass is 19.1. The van der Waals surface area contributed by atoms with Gasteiger partial charge in [-0.15, -0.1) is 0 Å². The van der Waals surface area contributed by atoms with Crippen LogP contribution in [0.3, 0.4) is 0 Å². The Bertz CT molecular complexity index is 570. The molecule has 2 aromatic rings. The Labute approximate surface area is 105 Å². The van der Waals surface area contributed by atoms with Crippen LogP contribution < -0.4 is 4.74 Å². The molecule has 3 heteroatoms. The van der Waals surface area contributed by atoms with E-state index in [1.165, 1.54) is 12.1 Å². The molecular weight excluding hydrogens is 231 g/mol. The topological polar surface area (TPSA) is 29.5 Å². The fourth-order valence-electron chi connectivity index (χ4n) is 1.41. The van der Waals surface area contributed by atoms with Crippen LogP contribution in [0.1, 0.15) is 11.7 Å². The lowest BCUT2D eigenvalue weighted by molar-refractivity contribution is 0.231. The molecule has 0 saturated heterocycles. The smallest absolute Gasteiger partial charge is 0.146 e. The summed E-state index contributed by atoms with van der Waals surface area (Å²) in [6.45, 7) is 0. The van der Waals surface area contributed by atoms with Crippen molar-refractivity contribution in [1.29, 1.82) is 0 Å². The number of ether oxygens (including phenoxy) is 1. The van der Waals surface area contributed by atoms with Gasteiger partial charge in [0.1, 0.15) is 23.8 Å². The van der Waals surface area contributed by atoms with Gasteiger partial charge in [-0.2, -0.15) is 0 Å². The molecule has 0 radical (unpaired) electrons. The molecular formula is C15H11FO2. The highest BCUT2D eigenvalue weighted by Gasteiger charge is 2.08. The van der Waals surface area contributed by atoms with Crippen molar-refractivity contribution >= 4 is 0 Å². The molecule has 0 amide bonds. The number of hydrogen-bond donors (Lipinski definition) is 1. The van der Waals surface area contributed by atoms with E-state index in [4.69, 9.17) is 4.74 Å². The maximum absolute atomic E-state index is 13.3. The van der Waals surface area contributed by atoms with E-state index in [1.54, 1.807) is 24.3 Å². The summed E-state index contributed by atoms with van der Waals surface area (Å²) in [6, 6.07) is 14.9. The third kappa shape index (κ3) is 3.09. The molecule has 0 heterocycles. The van der Waals surface area contributed by atoms with Gasteiger partial charge in [-0.05, 0) is 24.1 Å². The average molecular weight is 242 g/mol. The van der Waals surface area contributed by atoms with E-state index in [0.717, 1.165) is 0 Å². The maximum atomic E-state index is 13.3. The van der Waals surface area contributed by atoms with Gasteiger partial charge in [-0.1, -0.05) is 36.4 Å². The molecule has 18 heavy (non-hydrogen) atoms. The lowest BCUT2D eigenvalue weighted by Crippen LogP contribution is -1.97. The molecule has 1 atom stereocenters. The van der Waals surface area contributed by atoms with Crippen LogP contribution in [0.2, 0.25) is 0 Å². The van der Waals surface area contributed by atoms with Crippen molar-refractivity contribution in [2.75, 3.05) is 0 Å². The van der Waals surface area contributed by atoms with Gasteiger partial charge in [0.05, 0.1) is 0 Å². The summed E-state index contributed by atoms with van der Waals surface area (Å²) in [6.07, 6.45) is 1.16. The first-order chi connectivity index (χ1) is 8.77. The summed E-state index contributed by atoms with van der Waals surface area (Å²) in [7, 11) is 0. The van der Waals surface area contributed by atoms with Gasteiger partial charge >= 0.3 is 0 Å². The van der Waals surface area contributed by atoms with Gasteiger partial charge in [-0.25, -0.2) is 4.39 Å². The molecule has 0 saturated carbocycles. The molecule has 2 aromatic carbocycles. The van der Waals surface area contributed by atoms with E-state index in [2.05, 4.69) is 12.0 Å². The zero-order valence-electron chi connectivity index (χ0n) is 9.51. The van der Waals surface area contributed by atoms with Crippen molar-refractivity contribution in [1.82, 2.24) is 0 Å². The number of benzene rings is 2. The molecule has 1 N–H and O–H groups in total. The number of rotatable bonds is 2. The average Bonchev–Trinajstić information content (AvgIpc) is 2.40. The largest absolute Gasteiger partial charge is 0.407 e. The first kappa shape index (κ1) is 12.2. The van der Waals surface area contributed by atoms with Crippen LogP contribution in [0, 0.1) is 17.8 Å². The second-order valence-corrected chi connectivity index (χ2v) is 3.59. The first-order valence-corrected chi connectivity index (χ1v) is 5.42. The Morgan fingerprint density at radius 1 is 1.00 bits per heavy atom. The Balaban J connectivity index is 2.05. The molecule has 0 aliphatic heterocycles. The second kappa shape index (κ2) is 5.85. The minimum atomic E-state index is -1.20. The SMILES string of the molecule is OC(C#COc1ccccc1)c1ccccc1F. The van der Waals surface area contributed by atoms with Crippen LogP contribution in [0.4, 0.5) is 4.39 Å². The van der Waals surface area contributed by atoms with Gasteiger partial charge in [-0.3, -0.25) is 0 Å². The van der Waals surface area contributed by atoms with Gasteiger partial charge < -0.3 is 9.84 Å². The van der Waals surface area contributed by atoms with Crippen molar-refractivity contribution in [2.45, 2.75) is 6.10 Å². The number of aliphatic hydroxyl groups excluding tert-OH is 1. The minimum Gasteiger partial charge on any atom is -0.407 e. The molecule has 0 aliphatic carbocycles. The Morgan fingerprint density at radius 2 is 1.67 bits per heavy atom. The zero-order chi connectivity index (χ0) is 12.8. The molecule has 90 valence electrons. The Morgan fingerprint density at radius 3 is 2.39 bits per heavy atom. The minimum absolute atomic E-state index is 0.140. The maximum Gasteiger partial charge on any atom is 0.146 e. The number of aliphatic hydroxyl groups is 1. The van der Waals surface area contributed by atoms with Gasteiger partial charge in [0.2, 0.25) is 0 Å². The summed E-state index contributed by atoms with van der Waals surface area (Å²) >= 11 is 0. The fourth-order valence-corrected chi connectivity index (χ4v) is 1.41. The monoisotopic (exact) mass is 242 g/mol. The molecule has 0 aliphatic rings. The quantitative estimate of drug-likeness (QED) is 0.820. The molecule has 0 bridgehead atoms. The molecule has 2 nitrogen and oxygen atoms in total. The summed E-state index contributed by atoms with van der Waals surface area (Å²) in [5, 5.41) is 9.69. The van der Waals surface area contributed by atoms with Crippen LogP contribution in [-0.2, 0) is 0 Å². The summed E-state index contributed by atoms with van der Waals surface area (Å²) in [5.74, 6) is 2.52. The lowest BCUT2D eigenvalue weighted by atomic mass is 10.1. The lowest BCUT2D eigenvalue weighted by Gasteiger charge is -2.03. The van der Waals surface area contributed by atoms with Gasteiger partial charge in [0.25, 0.3) is 0 Å². The second-order valence-electron chi connectivity index (χ2n) is 3.59. The highest BCUT2D eigenvalue weighted by molar-refractivity contribution is 5.27. The van der Waals surface area contributed by atoms with E-state index < -0.39 is 11.9 Å². The van der Waals surface area contributed by atoms with Crippen LogP contribution in [0.5, 0.6) is 5.75 Å².